The lowest BCUT2D eigenvalue weighted by Crippen LogP contribution is -2.05. The molecule has 0 saturated heterocycles. The first-order chi connectivity index (χ1) is 9.65. The Morgan fingerprint density at radius 2 is 1.80 bits per heavy atom. The molecule has 0 bridgehead atoms. The summed E-state index contributed by atoms with van der Waals surface area (Å²) >= 11 is 3.66. The van der Waals surface area contributed by atoms with Gasteiger partial charge in [0.2, 0.25) is 0 Å². The molecule has 0 aromatic heterocycles. The molecule has 1 rings (SSSR count). The molecule has 112 valence electrons. The second-order valence-corrected chi connectivity index (χ2v) is 6.54. The zero-order chi connectivity index (χ0) is 14.8. The van der Waals surface area contributed by atoms with Gasteiger partial charge in [-0.05, 0) is 12.8 Å². The lowest BCUT2D eigenvalue weighted by Gasteiger charge is -2.10. The molecule has 0 spiro atoms. The number of alkyl halides is 1. The molecule has 0 fully saturated rings. The maximum Gasteiger partial charge on any atom is 0.272 e. The van der Waals surface area contributed by atoms with Crippen LogP contribution in [0.4, 0.5) is 5.69 Å². The number of halogens is 1. The normalized spacial score (nSPS) is 12.3. The number of hydrogen-bond donors (Lipinski definition) is 0. The van der Waals surface area contributed by atoms with Crippen LogP contribution in [-0.4, -0.2) is 9.75 Å². The Labute approximate surface area is 130 Å². The summed E-state index contributed by atoms with van der Waals surface area (Å²) < 4.78 is 0. The van der Waals surface area contributed by atoms with Crippen molar-refractivity contribution in [3.63, 3.8) is 0 Å². The third-order valence-corrected chi connectivity index (χ3v) is 4.28. The minimum atomic E-state index is -0.292. The summed E-state index contributed by atoms with van der Waals surface area (Å²) in [5.41, 5.74) is 1.06. The number of para-hydroxylation sites is 1. The van der Waals surface area contributed by atoms with Crippen molar-refractivity contribution in [1.82, 2.24) is 0 Å². The Kier molecular flexibility index (Phi) is 8.51. The third kappa shape index (κ3) is 6.51. The molecule has 0 radical (unpaired) electrons. The number of hydrogen-bond acceptors (Lipinski definition) is 2. The number of nitro groups is 1. The first-order valence-electron chi connectivity index (χ1n) is 7.51. The highest BCUT2D eigenvalue weighted by Gasteiger charge is 2.15. The molecule has 1 aromatic rings. The summed E-state index contributed by atoms with van der Waals surface area (Å²) in [7, 11) is 0. The topological polar surface area (TPSA) is 43.1 Å². The fourth-order valence-corrected chi connectivity index (χ4v) is 3.02. The van der Waals surface area contributed by atoms with Crippen LogP contribution in [0.15, 0.2) is 24.3 Å². The van der Waals surface area contributed by atoms with Crippen LogP contribution < -0.4 is 0 Å². The van der Waals surface area contributed by atoms with Crippen LogP contribution in [-0.2, 0) is 6.42 Å². The summed E-state index contributed by atoms with van der Waals surface area (Å²) in [6.45, 7) is 2.22. The first-order valence-corrected chi connectivity index (χ1v) is 8.43. The van der Waals surface area contributed by atoms with Crippen molar-refractivity contribution < 1.29 is 4.92 Å². The second kappa shape index (κ2) is 9.92. The van der Waals surface area contributed by atoms with Gasteiger partial charge in [-0.15, -0.1) is 0 Å². The van der Waals surface area contributed by atoms with Gasteiger partial charge in [0.05, 0.1) is 4.92 Å². The minimum absolute atomic E-state index is 0.236. The van der Waals surface area contributed by atoms with E-state index in [0.717, 1.165) is 18.4 Å². The van der Waals surface area contributed by atoms with Crippen molar-refractivity contribution in [2.75, 3.05) is 0 Å². The Balaban J connectivity index is 2.32. The molecule has 1 aromatic carbocycles. The van der Waals surface area contributed by atoms with E-state index in [1.165, 1.54) is 38.5 Å². The molecule has 20 heavy (non-hydrogen) atoms. The molecule has 0 aliphatic heterocycles. The van der Waals surface area contributed by atoms with Gasteiger partial charge in [-0.3, -0.25) is 10.1 Å². The highest BCUT2D eigenvalue weighted by molar-refractivity contribution is 9.09. The molecular weight excluding hydrogens is 318 g/mol. The lowest BCUT2D eigenvalue weighted by molar-refractivity contribution is -0.385. The van der Waals surface area contributed by atoms with Gasteiger partial charge < -0.3 is 0 Å². The Morgan fingerprint density at radius 1 is 1.15 bits per heavy atom. The molecule has 3 nitrogen and oxygen atoms in total. The zero-order valence-corrected chi connectivity index (χ0v) is 13.8. The van der Waals surface area contributed by atoms with Gasteiger partial charge in [0.15, 0.2) is 0 Å². The van der Waals surface area contributed by atoms with Gasteiger partial charge >= 0.3 is 0 Å². The van der Waals surface area contributed by atoms with E-state index in [-0.39, 0.29) is 10.6 Å². The van der Waals surface area contributed by atoms with E-state index in [9.17, 15) is 10.1 Å². The molecular formula is C16H24BrNO2. The summed E-state index contributed by atoms with van der Waals surface area (Å²) in [6.07, 6.45) is 9.50. The number of benzene rings is 1. The average molecular weight is 342 g/mol. The van der Waals surface area contributed by atoms with E-state index in [1.807, 2.05) is 12.1 Å². The van der Waals surface area contributed by atoms with Crippen molar-refractivity contribution in [2.45, 2.75) is 63.1 Å². The van der Waals surface area contributed by atoms with Crippen LogP contribution in [0.2, 0.25) is 0 Å². The summed E-state index contributed by atoms with van der Waals surface area (Å²) in [5, 5.41) is 11.0. The van der Waals surface area contributed by atoms with E-state index >= 15 is 0 Å². The molecule has 0 aliphatic carbocycles. The predicted octanol–water partition coefficient (Wildman–Crippen LogP) is 5.65. The SMILES string of the molecule is CCCCCCCCC(Br)Cc1ccccc1[N+](=O)[O-]. The minimum Gasteiger partial charge on any atom is -0.258 e. The van der Waals surface area contributed by atoms with Crippen molar-refractivity contribution in [3.05, 3.63) is 39.9 Å². The highest BCUT2D eigenvalue weighted by Crippen LogP contribution is 2.24. The van der Waals surface area contributed by atoms with E-state index in [1.54, 1.807) is 12.1 Å². The highest BCUT2D eigenvalue weighted by atomic mass is 79.9. The van der Waals surface area contributed by atoms with Crippen LogP contribution in [0, 0.1) is 10.1 Å². The van der Waals surface area contributed by atoms with Crippen molar-refractivity contribution >= 4 is 21.6 Å². The van der Waals surface area contributed by atoms with Gasteiger partial charge in [-0.1, -0.05) is 79.6 Å². The van der Waals surface area contributed by atoms with Crippen LogP contribution in [0.25, 0.3) is 0 Å². The summed E-state index contributed by atoms with van der Waals surface area (Å²) in [5.74, 6) is 0. The average Bonchev–Trinajstić information content (AvgIpc) is 2.43. The molecule has 0 heterocycles. The van der Waals surface area contributed by atoms with Crippen LogP contribution >= 0.6 is 15.9 Å². The summed E-state index contributed by atoms with van der Waals surface area (Å²) in [6, 6.07) is 7.03. The monoisotopic (exact) mass is 341 g/mol. The number of rotatable bonds is 10. The van der Waals surface area contributed by atoms with Crippen molar-refractivity contribution in [1.29, 1.82) is 0 Å². The predicted molar refractivity (Wildman–Crippen MR) is 87.5 cm³/mol. The van der Waals surface area contributed by atoms with E-state index in [4.69, 9.17) is 0 Å². The summed E-state index contributed by atoms with van der Waals surface area (Å²) in [4.78, 5) is 11.0. The van der Waals surface area contributed by atoms with Gasteiger partial charge in [0.1, 0.15) is 0 Å². The lowest BCUT2D eigenvalue weighted by atomic mass is 10.0. The van der Waals surface area contributed by atoms with Crippen molar-refractivity contribution in [3.8, 4) is 0 Å². The first kappa shape index (κ1) is 17.2. The zero-order valence-electron chi connectivity index (χ0n) is 12.2. The number of nitrogens with zero attached hydrogens (tertiary/aromatic N) is 1. The maximum absolute atomic E-state index is 11.0. The maximum atomic E-state index is 11.0. The van der Waals surface area contributed by atoms with Crippen LogP contribution in [0.3, 0.4) is 0 Å². The Bertz CT molecular complexity index is 409. The molecule has 0 amide bonds. The van der Waals surface area contributed by atoms with Gasteiger partial charge in [0.25, 0.3) is 5.69 Å². The smallest absolute Gasteiger partial charge is 0.258 e. The molecule has 4 heteroatoms. The van der Waals surface area contributed by atoms with E-state index < -0.39 is 0 Å². The second-order valence-electron chi connectivity index (χ2n) is 5.24. The Morgan fingerprint density at radius 3 is 2.50 bits per heavy atom. The fraction of sp³-hybridized carbons (Fsp3) is 0.625. The third-order valence-electron chi connectivity index (χ3n) is 3.50. The van der Waals surface area contributed by atoms with Gasteiger partial charge in [0, 0.05) is 16.5 Å². The molecule has 0 aliphatic rings. The largest absolute Gasteiger partial charge is 0.272 e. The number of unbranched alkanes of at least 4 members (excludes halogenated alkanes) is 5. The molecule has 0 saturated carbocycles. The molecule has 0 N–H and O–H groups in total. The fourth-order valence-electron chi connectivity index (χ4n) is 2.35. The van der Waals surface area contributed by atoms with Gasteiger partial charge in [-0.2, -0.15) is 0 Å². The molecule has 1 atom stereocenters. The van der Waals surface area contributed by atoms with Crippen molar-refractivity contribution in [2.24, 2.45) is 0 Å². The van der Waals surface area contributed by atoms with Crippen LogP contribution in [0.1, 0.15) is 57.4 Å². The Hall–Kier alpha value is -0.900. The van der Waals surface area contributed by atoms with E-state index in [2.05, 4.69) is 22.9 Å². The van der Waals surface area contributed by atoms with E-state index in [0.29, 0.717) is 4.83 Å². The number of nitro benzene ring substituents is 1. The standard InChI is InChI=1S/C16H24BrNO2/c1-2-3-4-5-6-7-11-15(17)13-14-10-8-9-12-16(14)18(19)20/h8-10,12,15H,2-7,11,13H2,1H3. The molecule has 1 unspecified atom stereocenters. The van der Waals surface area contributed by atoms with Crippen LogP contribution in [0.5, 0.6) is 0 Å². The quantitative estimate of drug-likeness (QED) is 0.239. The van der Waals surface area contributed by atoms with Gasteiger partial charge in [-0.25, -0.2) is 0 Å².